The van der Waals surface area contributed by atoms with Gasteiger partial charge in [0.2, 0.25) is 11.8 Å². The Morgan fingerprint density at radius 2 is 1.33 bits per heavy atom. The molecule has 4 rings (SSSR count). The molecule has 2 amide bonds. The number of hydrogen-bond donors (Lipinski definition) is 1. The number of amides is 2. The van der Waals surface area contributed by atoms with E-state index in [0.29, 0.717) is 18.0 Å². The molecule has 0 unspecified atom stereocenters. The van der Waals surface area contributed by atoms with Gasteiger partial charge in [-0.3, -0.25) is 9.59 Å². The van der Waals surface area contributed by atoms with E-state index in [1.165, 1.54) is 0 Å². The van der Waals surface area contributed by atoms with Crippen molar-refractivity contribution in [1.82, 2.24) is 10.2 Å². The molecule has 0 aromatic heterocycles. The maximum absolute atomic E-state index is 14.3. The van der Waals surface area contributed by atoms with Gasteiger partial charge in [0.25, 0.3) is 0 Å². The van der Waals surface area contributed by atoms with Crippen LogP contribution < -0.4 is 5.32 Å². The highest BCUT2D eigenvalue weighted by molar-refractivity contribution is 6.30. The third-order valence-electron chi connectivity index (χ3n) is 6.84. The second-order valence-electron chi connectivity index (χ2n) is 9.73. The molecule has 1 atom stereocenters. The molecule has 0 spiro atoms. The number of carbonyl (C=O) groups excluding carboxylic acids is 2. The van der Waals surface area contributed by atoms with Crippen LogP contribution in [0.1, 0.15) is 47.9 Å². The van der Waals surface area contributed by atoms with Crippen LogP contribution in [0, 0.1) is 0 Å². The fraction of sp³-hybridized carbons (Fsp3) is 0.235. The summed E-state index contributed by atoms with van der Waals surface area (Å²) in [6.45, 7) is 2.86. The molecular formula is C34H35ClN2O2. The van der Waals surface area contributed by atoms with Gasteiger partial charge in [0.15, 0.2) is 0 Å². The summed E-state index contributed by atoms with van der Waals surface area (Å²) in [6.07, 6.45) is 1.47. The predicted molar refractivity (Wildman–Crippen MR) is 159 cm³/mol. The maximum atomic E-state index is 14.3. The zero-order valence-corrected chi connectivity index (χ0v) is 23.1. The van der Waals surface area contributed by atoms with Crippen molar-refractivity contribution in [3.63, 3.8) is 0 Å². The van der Waals surface area contributed by atoms with E-state index in [1.807, 2.05) is 97.9 Å². The largest absolute Gasteiger partial charge is 0.354 e. The second-order valence-corrected chi connectivity index (χ2v) is 10.2. The van der Waals surface area contributed by atoms with Gasteiger partial charge in [-0.15, -0.1) is 0 Å². The smallest absolute Gasteiger partial charge is 0.243 e. The summed E-state index contributed by atoms with van der Waals surface area (Å²) in [7, 11) is 0. The highest BCUT2D eigenvalue weighted by Crippen LogP contribution is 2.30. The summed E-state index contributed by atoms with van der Waals surface area (Å²) in [4.78, 5) is 29.7. The predicted octanol–water partition coefficient (Wildman–Crippen LogP) is 7.03. The van der Waals surface area contributed by atoms with Crippen molar-refractivity contribution in [3.05, 3.63) is 143 Å². The van der Waals surface area contributed by atoms with E-state index in [9.17, 15) is 9.59 Å². The first-order chi connectivity index (χ1) is 19.0. The van der Waals surface area contributed by atoms with Crippen molar-refractivity contribution in [1.29, 1.82) is 0 Å². The quantitative estimate of drug-likeness (QED) is 0.210. The Kier molecular flexibility index (Phi) is 10.3. The monoisotopic (exact) mass is 538 g/mol. The molecule has 1 N–H and O–H groups in total. The van der Waals surface area contributed by atoms with Crippen molar-refractivity contribution in [2.24, 2.45) is 0 Å². The van der Waals surface area contributed by atoms with Gasteiger partial charge in [-0.25, -0.2) is 0 Å². The summed E-state index contributed by atoms with van der Waals surface area (Å²) in [5, 5.41) is 3.64. The maximum Gasteiger partial charge on any atom is 0.243 e. The van der Waals surface area contributed by atoms with Crippen LogP contribution >= 0.6 is 11.6 Å². The average molecular weight is 539 g/mol. The Bertz CT molecular complexity index is 1290. The molecule has 4 aromatic carbocycles. The van der Waals surface area contributed by atoms with E-state index in [4.69, 9.17) is 11.6 Å². The highest BCUT2D eigenvalue weighted by Gasteiger charge is 2.32. The highest BCUT2D eigenvalue weighted by atomic mass is 35.5. The molecule has 0 fully saturated rings. The molecule has 200 valence electrons. The Morgan fingerprint density at radius 3 is 1.90 bits per heavy atom. The van der Waals surface area contributed by atoms with Gasteiger partial charge in [0.05, 0.1) is 0 Å². The van der Waals surface area contributed by atoms with Crippen LogP contribution in [0.5, 0.6) is 0 Å². The molecule has 0 saturated heterocycles. The van der Waals surface area contributed by atoms with E-state index in [1.54, 1.807) is 4.90 Å². The molecule has 4 aromatic rings. The lowest BCUT2D eigenvalue weighted by atomic mass is 9.87. The molecule has 0 saturated carbocycles. The SMILES string of the molecule is CCCNC(=O)[C@@H](Cc1ccccc1)N(Cc1cccc(Cl)c1)C(=O)CC(c1ccccc1)c1ccccc1. The minimum Gasteiger partial charge on any atom is -0.354 e. The van der Waals surface area contributed by atoms with Crippen molar-refractivity contribution in [2.45, 2.75) is 44.7 Å². The fourth-order valence-corrected chi connectivity index (χ4v) is 5.06. The Morgan fingerprint density at radius 1 is 0.769 bits per heavy atom. The Labute approximate surface area is 236 Å². The van der Waals surface area contributed by atoms with Crippen molar-refractivity contribution < 1.29 is 9.59 Å². The first-order valence-electron chi connectivity index (χ1n) is 13.5. The van der Waals surface area contributed by atoms with Crippen LogP contribution in [-0.4, -0.2) is 29.3 Å². The summed E-state index contributed by atoms with van der Waals surface area (Å²) < 4.78 is 0. The van der Waals surface area contributed by atoms with Crippen molar-refractivity contribution in [2.75, 3.05) is 6.54 Å². The lowest BCUT2D eigenvalue weighted by Crippen LogP contribution is -2.50. The number of nitrogens with zero attached hydrogens (tertiary/aromatic N) is 1. The number of nitrogens with one attached hydrogen (secondary N) is 1. The molecule has 39 heavy (non-hydrogen) atoms. The second kappa shape index (κ2) is 14.3. The van der Waals surface area contributed by atoms with Gasteiger partial charge in [0.1, 0.15) is 6.04 Å². The third-order valence-corrected chi connectivity index (χ3v) is 7.08. The standard InChI is InChI=1S/C34H35ClN2O2/c1-2-21-36-34(39)32(23-26-13-6-3-7-14-26)37(25-27-15-12-20-30(35)22-27)33(38)24-31(28-16-8-4-9-17-28)29-18-10-5-11-19-29/h3-20,22,31-32H,2,21,23-25H2,1H3,(H,36,39)/t32-/m1/s1. The van der Waals surface area contributed by atoms with Crippen LogP contribution in [0.25, 0.3) is 0 Å². The topological polar surface area (TPSA) is 49.4 Å². The summed E-state index contributed by atoms with van der Waals surface area (Å²) in [5.74, 6) is -0.370. The van der Waals surface area contributed by atoms with E-state index in [0.717, 1.165) is 28.7 Å². The van der Waals surface area contributed by atoms with Crippen LogP contribution in [0.3, 0.4) is 0 Å². The van der Waals surface area contributed by atoms with Gasteiger partial charge in [0, 0.05) is 36.9 Å². The van der Waals surface area contributed by atoms with Crippen molar-refractivity contribution >= 4 is 23.4 Å². The molecule has 0 aliphatic rings. The zero-order chi connectivity index (χ0) is 27.5. The molecule has 0 aliphatic carbocycles. The van der Waals surface area contributed by atoms with Crippen LogP contribution in [0.15, 0.2) is 115 Å². The summed E-state index contributed by atoms with van der Waals surface area (Å²) >= 11 is 6.31. The third kappa shape index (κ3) is 8.05. The minimum atomic E-state index is -0.669. The minimum absolute atomic E-state index is 0.0831. The van der Waals surface area contributed by atoms with Gasteiger partial charge in [-0.2, -0.15) is 0 Å². The molecule has 0 bridgehead atoms. The molecule has 5 heteroatoms. The van der Waals surface area contributed by atoms with Gasteiger partial charge in [-0.1, -0.05) is 122 Å². The first-order valence-corrected chi connectivity index (χ1v) is 13.9. The molecule has 0 heterocycles. The van der Waals surface area contributed by atoms with Crippen molar-refractivity contribution in [3.8, 4) is 0 Å². The molecule has 0 aliphatic heterocycles. The van der Waals surface area contributed by atoms with E-state index < -0.39 is 6.04 Å². The Hall–Kier alpha value is -3.89. The van der Waals surface area contributed by atoms with Crippen LogP contribution in [0.2, 0.25) is 5.02 Å². The first kappa shape index (κ1) is 28.1. The van der Waals surface area contributed by atoms with Crippen LogP contribution in [-0.2, 0) is 22.6 Å². The lowest BCUT2D eigenvalue weighted by molar-refractivity contribution is -0.141. The molecule has 4 nitrogen and oxygen atoms in total. The zero-order valence-electron chi connectivity index (χ0n) is 22.3. The number of hydrogen-bond acceptors (Lipinski definition) is 2. The summed E-state index contributed by atoms with van der Waals surface area (Å²) in [5.41, 5.74) is 4.01. The number of rotatable bonds is 12. The van der Waals surface area contributed by atoms with Gasteiger partial charge >= 0.3 is 0 Å². The van der Waals surface area contributed by atoms with Gasteiger partial charge in [-0.05, 0) is 40.8 Å². The van der Waals surface area contributed by atoms with Gasteiger partial charge < -0.3 is 10.2 Å². The Balaban J connectivity index is 1.72. The summed E-state index contributed by atoms with van der Waals surface area (Å²) in [6, 6.07) is 36.9. The van der Waals surface area contributed by atoms with Crippen LogP contribution in [0.4, 0.5) is 0 Å². The fourth-order valence-electron chi connectivity index (χ4n) is 4.84. The average Bonchev–Trinajstić information content (AvgIpc) is 2.97. The van der Waals surface area contributed by atoms with E-state index >= 15 is 0 Å². The lowest BCUT2D eigenvalue weighted by Gasteiger charge is -2.33. The number of carbonyl (C=O) groups is 2. The number of halogens is 1. The van der Waals surface area contributed by atoms with E-state index in [-0.39, 0.29) is 30.7 Å². The molecular weight excluding hydrogens is 504 g/mol. The number of benzene rings is 4. The molecule has 0 radical (unpaired) electrons. The van der Waals surface area contributed by atoms with E-state index in [2.05, 4.69) is 29.6 Å². The normalized spacial score (nSPS) is 11.7.